The minimum Gasteiger partial charge on any atom is -0.396 e. The van der Waals surface area contributed by atoms with Crippen molar-refractivity contribution >= 4 is 0 Å². The Morgan fingerprint density at radius 3 is 2.79 bits per heavy atom. The molecule has 24 heavy (non-hydrogen) atoms. The molecular weight excluding hydrogens is 316 g/mol. The third kappa shape index (κ3) is 3.48. The topological polar surface area (TPSA) is 70.2 Å². The molecule has 0 bridgehead atoms. The zero-order valence-corrected chi connectivity index (χ0v) is 13.3. The van der Waals surface area contributed by atoms with Crippen molar-refractivity contribution in [3.63, 3.8) is 0 Å². The average Bonchev–Trinajstić information content (AvgIpc) is 3.18. The maximum Gasteiger partial charge on any atom is 0.135 e. The van der Waals surface area contributed by atoms with Crippen LogP contribution in [0.1, 0.15) is 18.4 Å². The first kappa shape index (κ1) is 17.0. The SMILES string of the molecule is OCCC1(CNCc2cn[nH]c2-c2c(F)cccc2F)CCOC1. The van der Waals surface area contributed by atoms with E-state index in [4.69, 9.17) is 4.74 Å². The third-order valence-corrected chi connectivity index (χ3v) is 4.57. The van der Waals surface area contributed by atoms with Gasteiger partial charge in [-0.05, 0) is 25.0 Å². The quantitative estimate of drug-likeness (QED) is 0.725. The number of hydrogen-bond acceptors (Lipinski definition) is 4. The summed E-state index contributed by atoms with van der Waals surface area (Å²) in [7, 11) is 0. The number of halogens is 2. The summed E-state index contributed by atoms with van der Waals surface area (Å²) in [5.74, 6) is -1.25. The van der Waals surface area contributed by atoms with Crippen LogP contribution in [0.3, 0.4) is 0 Å². The van der Waals surface area contributed by atoms with Gasteiger partial charge in [0.1, 0.15) is 11.6 Å². The molecule has 0 aliphatic carbocycles. The van der Waals surface area contributed by atoms with E-state index < -0.39 is 11.6 Å². The van der Waals surface area contributed by atoms with Crippen LogP contribution in [0.25, 0.3) is 11.3 Å². The van der Waals surface area contributed by atoms with Crippen molar-refractivity contribution in [1.29, 1.82) is 0 Å². The van der Waals surface area contributed by atoms with Crippen LogP contribution in [0.5, 0.6) is 0 Å². The van der Waals surface area contributed by atoms with Crippen LogP contribution in [0.2, 0.25) is 0 Å². The first-order valence-corrected chi connectivity index (χ1v) is 8.01. The third-order valence-electron chi connectivity index (χ3n) is 4.57. The van der Waals surface area contributed by atoms with Gasteiger partial charge in [0.2, 0.25) is 0 Å². The van der Waals surface area contributed by atoms with Crippen molar-refractivity contribution in [3.05, 3.63) is 41.6 Å². The van der Waals surface area contributed by atoms with Gasteiger partial charge in [-0.2, -0.15) is 5.10 Å². The molecule has 3 rings (SSSR count). The fourth-order valence-electron chi connectivity index (χ4n) is 3.17. The highest BCUT2D eigenvalue weighted by Gasteiger charge is 2.34. The summed E-state index contributed by atoms with van der Waals surface area (Å²) in [5, 5.41) is 19.2. The number of aromatic amines is 1. The Bertz CT molecular complexity index is 664. The summed E-state index contributed by atoms with van der Waals surface area (Å²) >= 11 is 0. The van der Waals surface area contributed by atoms with Crippen LogP contribution < -0.4 is 5.32 Å². The number of H-pyrrole nitrogens is 1. The molecule has 7 heteroatoms. The van der Waals surface area contributed by atoms with E-state index in [1.54, 1.807) is 6.20 Å². The lowest BCUT2D eigenvalue weighted by molar-refractivity contribution is 0.124. The molecule has 1 fully saturated rings. The first-order valence-electron chi connectivity index (χ1n) is 8.01. The van der Waals surface area contributed by atoms with Crippen molar-refractivity contribution in [1.82, 2.24) is 15.5 Å². The molecule has 0 spiro atoms. The van der Waals surface area contributed by atoms with Crippen LogP contribution >= 0.6 is 0 Å². The van der Waals surface area contributed by atoms with E-state index in [1.165, 1.54) is 18.2 Å². The van der Waals surface area contributed by atoms with E-state index in [9.17, 15) is 13.9 Å². The van der Waals surface area contributed by atoms with Gasteiger partial charge in [-0.25, -0.2) is 8.78 Å². The van der Waals surface area contributed by atoms with E-state index in [0.29, 0.717) is 44.0 Å². The standard InChI is InChI=1S/C17H21F2N3O2/c18-13-2-1-3-14(19)15(13)16-12(9-21-22-16)8-20-10-17(4-6-23)5-7-24-11-17/h1-3,9,20,23H,4-8,10-11H2,(H,21,22). The molecule has 1 aromatic heterocycles. The van der Waals surface area contributed by atoms with Crippen molar-refractivity contribution in [3.8, 4) is 11.3 Å². The second-order valence-corrected chi connectivity index (χ2v) is 6.25. The highest BCUT2D eigenvalue weighted by atomic mass is 19.1. The van der Waals surface area contributed by atoms with E-state index in [1.807, 2.05) is 0 Å². The summed E-state index contributed by atoms with van der Waals surface area (Å²) in [6, 6.07) is 3.78. The molecule has 1 aliphatic heterocycles. The van der Waals surface area contributed by atoms with E-state index >= 15 is 0 Å². The summed E-state index contributed by atoms with van der Waals surface area (Å²) < 4.78 is 33.4. The number of benzene rings is 1. The van der Waals surface area contributed by atoms with Gasteiger partial charge < -0.3 is 15.2 Å². The number of ether oxygens (including phenoxy) is 1. The summed E-state index contributed by atoms with van der Waals surface area (Å²) in [5.41, 5.74) is 0.858. The van der Waals surface area contributed by atoms with E-state index in [2.05, 4.69) is 15.5 Å². The zero-order chi connectivity index (χ0) is 17.0. The molecule has 0 saturated carbocycles. The van der Waals surface area contributed by atoms with Gasteiger partial charge in [0.25, 0.3) is 0 Å². The molecule has 1 unspecified atom stereocenters. The molecule has 3 N–H and O–H groups in total. The minimum atomic E-state index is -0.624. The largest absolute Gasteiger partial charge is 0.396 e. The van der Waals surface area contributed by atoms with E-state index in [-0.39, 0.29) is 17.6 Å². The molecular formula is C17H21F2N3O2. The molecule has 1 saturated heterocycles. The highest BCUT2D eigenvalue weighted by Crippen LogP contribution is 2.32. The molecule has 0 amide bonds. The number of aromatic nitrogens is 2. The Balaban J connectivity index is 1.70. The maximum absolute atomic E-state index is 14.0. The van der Waals surface area contributed by atoms with Gasteiger partial charge in [0, 0.05) is 37.3 Å². The predicted molar refractivity (Wildman–Crippen MR) is 85.2 cm³/mol. The van der Waals surface area contributed by atoms with Crippen LogP contribution in [-0.2, 0) is 11.3 Å². The van der Waals surface area contributed by atoms with Crippen molar-refractivity contribution in [2.75, 3.05) is 26.4 Å². The molecule has 0 radical (unpaired) electrons. The lowest BCUT2D eigenvalue weighted by atomic mass is 9.84. The number of hydrogen-bond donors (Lipinski definition) is 3. The lowest BCUT2D eigenvalue weighted by Crippen LogP contribution is -2.35. The normalized spacial score (nSPS) is 20.6. The number of aliphatic hydroxyl groups excluding tert-OH is 1. The number of nitrogens with one attached hydrogen (secondary N) is 2. The van der Waals surface area contributed by atoms with Crippen molar-refractivity contribution in [2.45, 2.75) is 19.4 Å². The molecule has 2 aromatic rings. The van der Waals surface area contributed by atoms with Gasteiger partial charge >= 0.3 is 0 Å². The minimum absolute atomic E-state index is 0.0815. The lowest BCUT2D eigenvalue weighted by Gasteiger charge is -2.26. The molecule has 2 heterocycles. The fraction of sp³-hybridized carbons (Fsp3) is 0.471. The predicted octanol–water partition coefficient (Wildman–Crippen LogP) is 2.23. The summed E-state index contributed by atoms with van der Waals surface area (Å²) in [6.07, 6.45) is 3.12. The van der Waals surface area contributed by atoms with Crippen LogP contribution in [0.15, 0.2) is 24.4 Å². The molecule has 1 atom stereocenters. The Morgan fingerprint density at radius 1 is 1.33 bits per heavy atom. The van der Waals surface area contributed by atoms with Crippen molar-refractivity contribution in [2.24, 2.45) is 5.41 Å². The Morgan fingerprint density at radius 2 is 2.12 bits per heavy atom. The smallest absolute Gasteiger partial charge is 0.135 e. The fourth-order valence-corrected chi connectivity index (χ4v) is 3.17. The molecule has 1 aliphatic rings. The average molecular weight is 337 g/mol. The van der Waals surface area contributed by atoms with Crippen molar-refractivity contribution < 1.29 is 18.6 Å². The van der Waals surface area contributed by atoms with Gasteiger partial charge in [-0.15, -0.1) is 0 Å². The molecule has 5 nitrogen and oxygen atoms in total. The van der Waals surface area contributed by atoms with E-state index in [0.717, 1.165) is 6.42 Å². The summed E-state index contributed by atoms with van der Waals surface area (Å²) in [4.78, 5) is 0. The monoisotopic (exact) mass is 337 g/mol. The van der Waals surface area contributed by atoms with Crippen LogP contribution in [0.4, 0.5) is 8.78 Å². The Hall–Kier alpha value is -1.83. The Kier molecular flexibility index (Phi) is 5.23. The second-order valence-electron chi connectivity index (χ2n) is 6.25. The first-order chi connectivity index (χ1) is 11.7. The Labute approximate surface area is 139 Å². The van der Waals surface area contributed by atoms with Gasteiger partial charge in [-0.1, -0.05) is 6.07 Å². The van der Waals surface area contributed by atoms with Crippen LogP contribution in [0, 0.1) is 17.0 Å². The number of aliphatic hydroxyl groups is 1. The number of rotatable bonds is 7. The highest BCUT2D eigenvalue weighted by molar-refractivity contribution is 5.64. The van der Waals surface area contributed by atoms with Gasteiger partial charge in [-0.3, -0.25) is 5.10 Å². The summed E-state index contributed by atoms with van der Waals surface area (Å²) in [6.45, 7) is 2.51. The van der Waals surface area contributed by atoms with Crippen LogP contribution in [-0.4, -0.2) is 41.7 Å². The molecule has 130 valence electrons. The van der Waals surface area contributed by atoms with Gasteiger partial charge in [0.05, 0.1) is 24.1 Å². The zero-order valence-electron chi connectivity index (χ0n) is 13.3. The second kappa shape index (κ2) is 7.38. The molecule has 1 aromatic carbocycles. The number of nitrogens with zero attached hydrogens (tertiary/aromatic N) is 1. The van der Waals surface area contributed by atoms with Gasteiger partial charge in [0.15, 0.2) is 0 Å². The maximum atomic E-state index is 14.0.